The van der Waals surface area contributed by atoms with E-state index in [0.717, 1.165) is 0 Å². The Hall–Kier alpha value is -2.96. The molecule has 0 aromatic rings. The summed E-state index contributed by atoms with van der Waals surface area (Å²) < 4.78 is 20.3. The molecule has 2 atom stereocenters. The fourth-order valence-corrected chi connectivity index (χ4v) is 2.12. The number of esters is 2. The minimum atomic E-state index is -1.06. The molecule has 10 heteroatoms. The summed E-state index contributed by atoms with van der Waals surface area (Å²) in [5.74, 6) is 3.95. The lowest BCUT2D eigenvalue weighted by atomic mass is 10.1. The van der Waals surface area contributed by atoms with Gasteiger partial charge in [-0.2, -0.15) is 0 Å². The summed E-state index contributed by atoms with van der Waals surface area (Å²) in [6.45, 7) is 9.72. The minimum absolute atomic E-state index is 0.0632. The van der Waals surface area contributed by atoms with E-state index in [1.165, 1.54) is 0 Å². The van der Waals surface area contributed by atoms with E-state index < -0.39 is 47.4 Å². The van der Waals surface area contributed by atoms with Crippen molar-refractivity contribution in [1.29, 1.82) is 0 Å². The first-order valence-electron chi connectivity index (χ1n) is 9.55. The van der Waals surface area contributed by atoms with Gasteiger partial charge in [-0.15, -0.1) is 11.8 Å². The van der Waals surface area contributed by atoms with Crippen LogP contribution < -0.4 is 10.6 Å². The van der Waals surface area contributed by atoms with Gasteiger partial charge in [0.05, 0.1) is 0 Å². The maximum absolute atomic E-state index is 12.2. The predicted octanol–water partition coefficient (Wildman–Crippen LogP) is 1.66. The zero-order valence-corrected chi connectivity index (χ0v) is 18.2. The lowest BCUT2D eigenvalue weighted by Crippen LogP contribution is -2.45. The van der Waals surface area contributed by atoms with Gasteiger partial charge in [-0.1, -0.05) is 0 Å². The molecule has 0 aromatic carbocycles. The second kappa shape index (κ2) is 10.7. The molecule has 2 amide bonds. The van der Waals surface area contributed by atoms with Crippen molar-refractivity contribution in [2.24, 2.45) is 0 Å². The van der Waals surface area contributed by atoms with Crippen molar-refractivity contribution in [1.82, 2.24) is 10.6 Å². The van der Waals surface area contributed by atoms with E-state index in [9.17, 15) is 19.2 Å². The Bertz CT molecular complexity index is 651. The second-order valence-electron chi connectivity index (χ2n) is 8.49. The highest BCUT2D eigenvalue weighted by molar-refractivity contribution is 5.83. The molecule has 1 aliphatic heterocycles. The molecule has 1 heterocycles. The van der Waals surface area contributed by atoms with E-state index in [1.807, 2.05) is 0 Å². The predicted molar refractivity (Wildman–Crippen MR) is 105 cm³/mol. The van der Waals surface area contributed by atoms with Gasteiger partial charge in [0, 0.05) is 12.8 Å². The number of cyclic esters (lactones) is 2. The Kier molecular flexibility index (Phi) is 8.95. The van der Waals surface area contributed by atoms with E-state index in [2.05, 4.69) is 22.5 Å². The van der Waals surface area contributed by atoms with E-state index >= 15 is 0 Å². The van der Waals surface area contributed by atoms with Crippen molar-refractivity contribution in [2.75, 3.05) is 13.2 Å². The Labute approximate surface area is 176 Å². The third-order valence-corrected chi connectivity index (χ3v) is 3.26. The number of carbonyl (C=O) groups excluding carboxylic acids is 4. The van der Waals surface area contributed by atoms with Crippen LogP contribution in [0.3, 0.4) is 0 Å². The van der Waals surface area contributed by atoms with Crippen molar-refractivity contribution in [3.63, 3.8) is 0 Å². The molecule has 0 saturated heterocycles. The molecule has 10 nitrogen and oxygen atoms in total. The first-order valence-corrected chi connectivity index (χ1v) is 9.55. The summed E-state index contributed by atoms with van der Waals surface area (Å²) in [6, 6.07) is -2.11. The van der Waals surface area contributed by atoms with Gasteiger partial charge in [-0.25, -0.2) is 19.2 Å². The fourth-order valence-electron chi connectivity index (χ4n) is 2.12. The van der Waals surface area contributed by atoms with Gasteiger partial charge in [0.15, 0.2) is 0 Å². The molecular weight excluding hydrogens is 396 g/mol. The number of carbonyl (C=O) groups is 4. The molecule has 0 unspecified atom stereocenters. The van der Waals surface area contributed by atoms with E-state index in [-0.39, 0.29) is 26.1 Å². The van der Waals surface area contributed by atoms with Crippen LogP contribution in [0.1, 0.15) is 54.4 Å². The van der Waals surface area contributed by atoms with Crippen LogP contribution in [0.15, 0.2) is 0 Å². The summed E-state index contributed by atoms with van der Waals surface area (Å²) in [7, 11) is 0. The molecule has 1 rings (SSSR count). The Morgan fingerprint density at radius 3 is 1.43 bits per heavy atom. The number of hydrogen-bond donors (Lipinski definition) is 2. The molecule has 2 N–H and O–H groups in total. The normalized spacial score (nSPS) is 20.7. The van der Waals surface area contributed by atoms with Crippen LogP contribution in [0.4, 0.5) is 9.59 Å². The molecule has 1 aliphatic rings. The van der Waals surface area contributed by atoms with Gasteiger partial charge < -0.3 is 29.6 Å². The number of rotatable bonds is 2. The van der Waals surface area contributed by atoms with Crippen LogP contribution in [-0.4, -0.2) is 60.6 Å². The molecule has 0 saturated carbocycles. The number of ether oxygens (including phenoxy) is 4. The van der Waals surface area contributed by atoms with Gasteiger partial charge in [0.2, 0.25) is 0 Å². The molecule has 0 fully saturated rings. The van der Waals surface area contributed by atoms with Gasteiger partial charge in [0.25, 0.3) is 0 Å². The lowest BCUT2D eigenvalue weighted by molar-refractivity contribution is -0.154. The molecule has 168 valence electrons. The molecule has 0 radical (unpaired) electrons. The standard InChI is InChI=1S/C20H30N2O8/c1-19(2,3)29-17(25)21-13-9-7-8-10-14(22-18(26)30-20(4,5)6)16(24)28-12-11-27-15(13)23/h13-14H,9-12H2,1-6H3,(H,21,25)(H,22,26)/t13-,14-/m0/s1. The van der Waals surface area contributed by atoms with Crippen molar-refractivity contribution in [3.8, 4) is 11.8 Å². The number of amides is 2. The van der Waals surface area contributed by atoms with E-state index in [1.54, 1.807) is 41.5 Å². The van der Waals surface area contributed by atoms with Crippen molar-refractivity contribution in [2.45, 2.75) is 77.7 Å². The molecule has 30 heavy (non-hydrogen) atoms. The highest BCUT2D eigenvalue weighted by Gasteiger charge is 2.27. The maximum atomic E-state index is 12.2. The second-order valence-corrected chi connectivity index (χ2v) is 8.49. The van der Waals surface area contributed by atoms with Gasteiger partial charge >= 0.3 is 24.1 Å². The highest BCUT2D eigenvalue weighted by atomic mass is 16.6. The summed E-state index contributed by atoms with van der Waals surface area (Å²) in [4.78, 5) is 48.3. The fraction of sp³-hybridized carbons (Fsp3) is 0.700. The van der Waals surface area contributed by atoms with Crippen LogP contribution in [0.25, 0.3) is 0 Å². The van der Waals surface area contributed by atoms with Crippen LogP contribution in [0.5, 0.6) is 0 Å². The van der Waals surface area contributed by atoms with Gasteiger partial charge in [-0.3, -0.25) is 0 Å². The number of nitrogens with one attached hydrogen (secondary N) is 2. The number of alkyl carbamates (subject to hydrolysis) is 2. The smallest absolute Gasteiger partial charge is 0.408 e. The first kappa shape index (κ1) is 25.1. The third-order valence-electron chi connectivity index (χ3n) is 3.26. The molecule has 0 aromatic heterocycles. The quantitative estimate of drug-likeness (QED) is 0.387. The zero-order valence-electron chi connectivity index (χ0n) is 18.2. The average Bonchev–Trinajstić information content (AvgIpc) is 2.55. The van der Waals surface area contributed by atoms with Gasteiger partial charge in [0.1, 0.15) is 36.5 Å². The van der Waals surface area contributed by atoms with Crippen LogP contribution in [-0.2, 0) is 28.5 Å². The molecular formula is C20H30N2O8. The number of hydrogen-bond acceptors (Lipinski definition) is 8. The molecule has 0 bridgehead atoms. The van der Waals surface area contributed by atoms with Crippen LogP contribution in [0.2, 0.25) is 0 Å². The summed E-state index contributed by atoms with van der Waals surface area (Å²) in [5.41, 5.74) is -1.47. The van der Waals surface area contributed by atoms with Crippen molar-refractivity contribution in [3.05, 3.63) is 0 Å². The Morgan fingerprint density at radius 1 is 0.800 bits per heavy atom. The first-order chi connectivity index (χ1) is 13.8. The van der Waals surface area contributed by atoms with Crippen LogP contribution >= 0.6 is 0 Å². The summed E-state index contributed by atoms with van der Waals surface area (Å²) in [5, 5.41) is 4.84. The van der Waals surface area contributed by atoms with E-state index in [0.29, 0.717) is 0 Å². The SMILES string of the molecule is CC(C)(C)OC(=O)N[C@H]1CC#CC[C@H](NC(=O)OC(C)(C)C)C(=O)OCCOC1=O. The summed E-state index contributed by atoms with van der Waals surface area (Å²) in [6.07, 6.45) is -1.69. The van der Waals surface area contributed by atoms with E-state index in [4.69, 9.17) is 18.9 Å². The largest absolute Gasteiger partial charge is 0.461 e. The zero-order chi connectivity index (χ0) is 22.9. The molecule has 0 aliphatic carbocycles. The highest BCUT2D eigenvalue weighted by Crippen LogP contribution is 2.09. The summed E-state index contributed by atoms with van der Waals surface area (Å²) >= 11 is 0. The topological polar surface area (TPSA) is 129 Å². The van der Waals surface area contributed by atoms with Crippen LogP contribution in [0, 0.1) is 11.8 Å². The Morgan fingerprint density at radius 2 is 1.13 bits per heavy atom. The Balaban J connectivity index is 2.84. The van der Waals surface area contributed by atoms with Gasteiger partial charge in [-0.05, 0) is 41.5 Å². The maximum Gasteiger partial charge on any atom is 0.408 e. The minimum Gasteiger partial charge on any atom is -0.461 e. The van der Waals surface area contributed by atoms with Crippen molar-refractivity contribution < 1.29 is 38.1 Å². The monoisotopic (exact) mass is 426 g/mol. The molecule has 0 spiro atoms. The average molecular weight is 426 g/mol. The van der Waals surface area contributed by atoms with Crippen molar-refractivity contribution >= 4 is 24.1 Å². The third kappa shape index (κ3) is 10.5. The lowest BCUT2D eigenvalue weighted by Gasteiger charge is -2.23.